The number of pyridine rings is 1. The fourth-order valence-corrected chi connectivity index (χ4v) is 2.61. The van der Waals surface area contributed by atoms with Crippen LogP contribution in [0.15, 0.2) is 36.7 Å². The van der Waals surface area contributed by atoms with Crippen LogP contribution < -0.4 is 15.8 Å². The Morgan fingerprint density at radius 3 is 2.38 bits per heavy atom. The van der Waals surface area contributed by atoms with Crippen LogP contribution in [-0.4, -0.2) is 20.9 Å². The first kappa shape index (κ1) is 19.3. The van der Waals surface area contributed by atoms with Gasteiger partial charge >= 0.3 is 0 Å². The first-order valence-electron chi connectivity index (χ1n) is 8.40. The van der Waals surface area contributed by atoms with Crippen molar-refractivity contribution in [2.45, 2.75) is 13.8 Å². The summed E-state index contributed by atoms with van der Waals surface area (Å²) >= 11 is 0. The number of primary amides is 1. The molecule has 0 atom stereocenters. The fraction of sp³-hybridized carbons (Fsp3) is 0.100. The number of nitrogens with two attached hydrogens (primary N) is 1. The number of hydrogen-bond acceptors (Lipinski definition) is 8. The number of rotatable bonds is 5. The Balaban J connectivity index is 1.97. The highest BCUT2D eigenvalue weighted by atomic mass is 16.5. The van der Waals surface area contributed by atoms with E-state index in [9.17, 15) is 4.79 Å². The van der Waals surface area contributed by atoms with Gasteiger partial charge in [-0.25, -0.2) is 9.97 Å². The normalized spacial score (nSPS) is 9.93. The quantitative estimate of drug-likeness (QED) is 0.680. The minimum atomic E-state index is -0.740. The number of nitrogens with one attached hydrogen (secondary N) is 1. The summed E-state index contributed by atoms with van der Waals surface area (Å²) in [5, 5.41) is 20.8. The molecule has 142 valence electrons. The van der Waals surface area contributed by atoms with Crippen molar-refractivity contribution in [1.29, 1.82) is 10.5 Å². The van der Waals surface area contributed by atoms with Gasteiger partial charge in [-0.3, -0.25) is 4.79 Å². The van der Waals surface area contributed by atoms with Gasteiger partial charge in [0.1, 0.15) is 23.1 Å². The highest BCUT2D eigenvalue weighted by molar-refractivity contribution is 5.95. The van der Waals surface area contributed by atoms with E-state index in [-0.39, 0.29) is 23.1 Å². The molecule has 3 N–H and O–H groups in total. The predicted molar refractivity (Wildman–Crippen MR) is 103 cm³/mol. The molecule has 2 heterocycles. The van der Waals surface area contributed by atoms with Gasteiger partial charge in [-0.2, -0.15) is 15.5 Å². The molecule has 1 aromatic carbocycles. The van der Waals surface area contributed by atoms with Crippen molar-refractivity contribution in [2.24, 2.45) is 5.73 Å². The number of carbonyl (C=O) groups is 1. The number of carbonyl (C=O) groups excluding carboxylic acids is 1. The Morgan fingerprint density at radius 2 is 1.83 bits per heavy atom. The second-order valence-corrected chi connectivity index (χ2v) is 6.10. The molecule has 0 aliphatic heterocycles. The Hall–Kier alpha value is -4.50. The number of nitriles is 2. The minimum absolute atomic E-state index is 0.0108. The molecule has 3 rings (SSSR count). The van der Waals surface area contributed by atoms with Gasteiger partial charge in [0.15, 0.2) is 0 Å². The lowest BCUT2D eigenvalue weighted by molar-refractivity contribution is 0.0997. The average molecular weight is 385 g/mol. The first-order chi connectivity index (χ1) is 13.9. The van der Waals surface area contributed by atoms with Crippen LogP contribution in [0.1, 0.15) is 32.7 Å². The lowest BCUT2D eigenvalue weighted by Crippen LogP contribution is -2.14. The van der Waals surface area contributed by atoms with E-state index in [1.165, 1.54) is 12.4 Å². The second-order valence-electron chi connectivity index (χ2n) is 6.10. The molecule has 29 heavy (non-hydrogen) atoms. The average Bonchev–Trinajstić information content (AvgIpc) is 2.71. The van der Waals surface area contributed by atoms with Crippen molar-refractivity contribution in [3.05, 3.63) is 64.6 Å². The summed E-state index contributed by atoms with van der Waals surface area (Å²) in [4.78, 5) is 24.1. The SMILES string of the molecule is Cc1cc(C#N)cc(C)c1Oc1nc(Nc2ccc(C#N)nc2)ncc1C(N)=O. The Labute approximate surface area is 166 Å². The summed E-state index contributed by atoms with van der Waals surface area (Å²) in [6.07, 6.45) is 2.72. The number of hydrogen-bond donors (Lipinski definition) is 2. The summed E-state index contributed by atoms with van der Waals surface area (Å²) in [7, 11) is 0. The van der Waals surface area contributed by atoms with Gasteiger partial charge in [0.25, 0.3) is 5.91 Å². The number of amides is 1. The third kappa shape index (κ3) is 4.26. The molecule has 0 spiro atoms. The van der Waals surface area contributed by atoms with Crippen LogP contribution in [0.25, 0.3) is 0 Å². The highest BCUT2D eigenvalue weighted by Gasteiger charge is 2.17. The van der Waals surface area contributed by atoms with Gasteiger partial charge in [0.2, 0.25) is 11.8 Å². The maximum atomic E-state index is 11.8. The highest BCUT2D eigenvalue weighted by Crippen LogP contribution is 2.31. The lowest BCUT2D eigenvalue weighted by Gasteiger charge is -2.14. The van der Waals surface area contributed by atoms with Gasteiger partial charge in [-0.15, -0.1) is 0 Å². The van der Waals surface area contributed by atoms with Gasteiger partial charge in [-0.05, 0) is 49.2 Å². The van der Waals surface area contributed by atoms with E-state index in [1.54, 1.807) is 38.1 Å². The van der Waals surface area contributed by atoms with E-state index in [0.717, 1.165) is 0 Å². The number of ether oxygens (including phenoxy) is 1. The van der Waals surface area contributed by atoms with Crippen LogP contribution in [0.5, 0.6) is 11.6 Å². The molecule has 9 heteroatoms. The molecule has 0 unspecified atom stereocenters. The monoisotopic (exact) mass is 385 g/mol. The summed E-state index contributed by atoms with van der Waals surface area (Å²) in [6, 6.07) is 10.6. The van der Waals surface area contributed by atoms with Crippen molar-refractivity contribution >= 4 is 17.5 Å². The predicted octanol–water partition coefficient (Wildman–Crippen LogP) is 2.87. The van der Waals surface area contributed by atoms with Crippen LogP contribution in [0.2, 0.25) is 0 Å². The zero-order valence-electron chi connectivity index (χ0n) is 15.6. The molecule has 2 aromatic heterocycles. The van der Waals surface area contributed by atoms with E-state index in [4.69, 9.17) is 21.0 Å². The molecule has 0 fully saturated rings. The zero-order chi connectivity index (χ0) is 21.0. The molecule has 0 saturated heterocycles. The third-order valence-corrected chi connectivity index (χ3v) is 3.94. The molecule has 3 aromatic rings. The molecular weight excluding hydrogens is 370 g/mol. The molecule has 0 bridgehead atoms. The maximum absolute atomic E-state index is 11.8. The van der Waals surface area contributed by atoms with Crippen LogP contribution in [0.4, 0.5) is 11.6 Å². The molecule has 0 aliphatic rings. The summed E-state index contributed by atoms with van der Waals surface area (Å²) in [5.41, 5.74) is 8.18. The molecule has 0 saturated carbocycles. The topological polar surface area (TPSA) is 151 Å². The molecular formula is C20H15N7O2. The van der Waals surface area contributed by atoms with E-state index < -0.39 is 5.91 Å². The summed E-state index contributed by atoms with van der Waals surface area (Å²) in [5.74, 6) is -0.139. The van der Waals surface area contributed by atoms with Gasteiger partial charge in [0, 0.05) is 6.20 Å². The number of aromatic nitrogens is 3. The molecule has 0 aliphatic carbocycles. The number of benzene rings is 1. The van der Waals surface area contributed by atoms with Crippen molar-refractivity contribution in [2.75, 3.05) is 5.32 Å². The summed E-state index contributed by atoms with van der Waals surface area (Å²) in [6.45, 7) is 3.58. The van der Waals surface area contributed by atoms with E-state index >= 15 is 0 Å². The van der Waals surface area contributed by atoms with Gasteiger partial charge < -0.3 is 15.8 Å². The first-order valence-corrected chi connectivity index (χ1v) is 8.40. The van der Waals surface area contributed by atoms with Gasteiger partial charge in [0.05, 0.1) is 23.5 Å². The standard InChI is InChI=1S/C20H15N7O2/c1-11-5-13(7-21)6-12(2)17(11)29-19-16(18(23)28)10-25-20(27-19)26-15-4-3-14(8-22)24-9-15/h3-6,9-10H,1-2H3,(H2,23,28)(H,25,26,27). The van der Waals surface area contributed by atoms with Gasteiger partial charge in [-0.1, -0.05) is 0 Å². The van der Waals surface area contributed by atoms with E-state index in [0.29, 0.717) is 28.1 Å². The van der Waals surface area contributed by atoms with Crippen molar-refractivity contribution in [3.8, 4) is 23.8 Å². The number of anilines is 2. The van der Waals surface area contributed by atoms with E-state index in [2.05, 4.69) is 26.3 Å². The molecule has 0 radical (unpaired) electrons. The van der Waals surface area contributed by atoms with Crippen molar-refractivity contribution < 1.29 is 9.53 Å². The van der Waals surface area contributed by atoms with Crippen molar-refractivity contribution in [1.82, 2.24) is 15.0 Å². The lowest BCUT2D eigenvalue weighted by atomic mass is 10.1. The third-order valence-electron chi connectivity index (χ3n) is 3.94. The largest absolute Gasteiger partial charge is 0.437 e. The van der Waals surface area contributed by atoms with E-state index in [1.807, 2.05) is 6.07 Å². The maximum Gasteiger partial charge on any atom is 0.255 e. The van der Waals surface area contributed by atoms with Crippen LogP contribution in [-0.2, 0) is 0 Å². The van der Waals surface area contributed by atoms with Crippen LogP contribution in [0.3, 0.4) is 0 Å². The Kier molecular flexibility index (Phi) is 5.33. The Morgan fingerprint density at radius 1 is 1.10 bits per heavy atom. The molecule has 9 nitrogen and oxygen atoms in total. The van der Waals surface area contributed by atoms with Crippen LogP contribution >= 0.6 is 0 Å². The minimum Gasteiger partial charge on any atom is -0.437 e. The number of nitrogens with zero attached hydrogens (tertiary/aromatic N) is 5. The summed E-state index contributed by atoms with van der Waals surface area (Å²) < 4.78 is 5.89. The fourth-order valence-electron chi connectivity index (χ4n) is 2.61. The van der Waals surface area contributed by atoms with Crippen LogP contribution in [0, 0.1) is 36.5 Å². The smallest absolute Gasteiger partial charge is 0.255 e. The van der Waals surface area contributed by atoms with Crippen molar-refractivity contribution in [3.63, 3.8) is 0 Å². The number of aryl methyl sites for hydroxylation is 2. The Bertz CT molecular complexity index is 1150. The molecule has 1 amide bonds. The second kappa shape index (κ2) is 8.03. The zero-order valence-corrected chi connectivity index (χ0v) is 15.6.